The lowest BCUT2D eigenvalue weighted by Crippen LogP contribution is -2.00. The number of nitrogens with zero attached hydrogens (tertiary/aromatic N) is 3. The van der Waals surface area contributed by atoms with Crippen LogP contribution in [0.2, 0.25) is 0 Å². The maximum Gasteiger partial charge on any atom is 0.164 e. The molecule has 0 N–H and O–H groups in total. The molecule has 2 heterocycles. The average molecular weight is 490 g/mol. The fraction of sp³-hybridized carbons (Fsp3) is 0.0294. The van der Waals surface area contributed by atoms with Crippen LogP contribution in [0, 0.1) is 6.92 Å². The first kappa shape index (κ1) is 22.1. The first-order valence-corrected chi connectivity index (χ1v) is 12.6. The van der Waals surface area contributed by atoms with Gasteiger partial charge in [0.1, 0.15) is 11.2 Å². The molecular weight excluding hydrogens is 466 g/mol. The van der Waals surface area contributed by atoms with Gasteiger partial charge in [-0.05, 0) is 36.2 Å². The molecule has 180 valence electrons. The molecule has 4 heteroatoms. The molecule has 5 aromatic carbocycles. The lowest BCUT2D eigenvalue weighted by molar-refractivity contribution is 0.669. The van der Waals surface area contributed by atoms with Crippen LogP contribution in [0.4, 0.5) is 0 Å². The highest BCUT2D eigenvalue weighted by atomic mass is 16.3. The Morgan fingerprint density at radius 2 is 1.08 bits per heavy atom. The van der Waals surface area contributed by atoms with E-state index in [0.29, 0.717) is 17.5 Å². The summed E-state index contributed by atoms with van der Waals surface area (Å²) in [7, 11) is 0. The maximum atomic E-state index is 6.35. The predicted octanol–water partition coefficient (Wildman–Crippen LogP) is 8.75. The van der Waals surface area contributed by atoms with Crippen LogP contribution < -0.4 is 0 Å². The van der Waals surface area contributed by atoms with Gasteiger partial charge in [-0.3, -0.25) is 0 Å². The molecule has 0 aliphatic carbocycles. The van der Waals surface area contributed by atoms with Crippen molar-refractivity contribution in [2.75, 3.05) is 0 Å². The fourth-order valence-corrected chi connectivity index (χ4v) is 4.87. The number of aromatic nitrogens is 3. The van der Waals surface area contributed by atoms with Crippen molar-refractivity contribution in [3.63, 3.8) is 0 Å². The molecule has 4 nitrogen and oxygen atoms in total. The van der Waals surface area contributed by atoms with Gasteiger partial charge in [-0.15, -0.1) is 0 Å². The highest BCUT2D eigenvalue weighted by Gasteiger charge is 2.18. The molecular formula is C34H23N3O. The first-order chi connectivity index (χ1) is 18.7. The van der Waals surface area contributed by atoms with Gasteiger partial charge in [-0.2, -0.15) is 0 Å². The van der Waals surface area contributed by atoms with Crippen molar-refractivity contribution < 1.29 is 4.42 Å². The first-order valence-electron chi connectivity index (χ1n) is 12.6. The molecule has 0 atom stereocenters. The smallest absolute Gasteiger partial charge is 0.164 e. The van der Waals surface area contributed by atoms with Crippen molar-refractivity contribution in [2.45, 2.75) is 6.92 Å². The van der Waals surface area contributed by atoms with Crippen LogP contribution >= 0.6 is 0 Å². The third kappa shape index (κ3) is 3.93. The summed E-state index contributed by atoms with van der Waals surface area (Å²) in [5.41, 5.74) is 7.92. The minimum absolute atomic E-state index is 0.620. The fourth-order valence-electron chi connectivity index (χ4n) is 4.87. The Morgan fingerprint density at radius 1 is 0.474 bits per heavy atom. The SMILES string of the molecule is Cc1ccc(-c2nc(-c3ccccc3)nc(-c3cccc4oc5cc(-c6ccccc6)ccc5c34)n2)cc1. The van der Waals surface area contributed by atoms with E-state index < -0.39 is 0 Å². The largest absolute Gasteiger partial charge is 0.456 e. The monoisotopic (exact) mass is 489 g/mol. The van der Waals surface area contributed by atoms with Crippen molar-refractivity contribution in [3.05, 3.63) is 127 Å². The molecule has 7 aromatic rings. The topological polar surface area (TPSA) is 51.8 Å². The van der Waals surface area contributed by atoms with Crippen molar-refractivity contribution >= 4 is 21.9 Å². The number of furan rings is 1. The van der Waals surface area contributed by atoms with E-state index in [2.05, 4.69) is 67.6 Å². The molecule has 2 aromatic heterocycles. The molecule has 0 unspecified atom stereocenters. The van der Waals surface area contributed by atoms with Gasteiger partial charge in [0.2, 0.25) is 0 Å². The summed E-state index contributed by atoms with van der Waals surface area (Å²) in [6, 6.07) is 41.1. The van der Waals surface area contributed by atoms with Crippen LogP contribution in [0.15, 0.2) is 126 Å². The molecule has 0 aliphatic heterocycles. The third-order valence-electron chi connectivity index (χ3n) is 6.82. The zero-order valence-corrected chi connectivity index (χ0v) is 20.8. The van der Waals surface area contributed by atoms with Crippen LogP contribution in [0.5, 0.6) is 0 Å². The van der Waals surface area contributed by atoms with E-state index >= 15 is 0 Å². The predicted molar refractivity (Wildman–Crippen MR) is 154 cm³/mol. The number of benzene rings is 5. The van der Waals surface area contributed by atoms with E-state index in [4.69, 9.17) is 19.4 Å². The Morgan fingerprint density at radius 3 is 1.79 bits per heavy atom. The van der Waals surface area contributed by atoms with E-state index in [9.17, 15) is 0 Å². The van der Waals surface area contributed by atoms with Gasteiger partial charge < -0.3 is 4.42 Å². The molecule has 38 heavy (non-hydrogen) atoms. The lowest BCUT2D eigenvalue weighted by Gasteiger charge is -2.09. The lowest BCUT2D eigenvalue weighted by atomic mass is 10.0. The second-order valence-electron chi connectivity index (χ2n) is 9.40. The highest BCUT2D eigenvalue weighted by molar-refractivity contribution is 6.12. The minimum atomic E-state index is 0.620. The van der Waals surface area contributed by atoms with E-state index in [0.717, 1.165) is 49.8 Å². The Hall–Kier alpha value is -5.09. The van der Waals surface area contributed by atoms with Gasteiger partial charge in [0.15, 0.2) is 17.5 Å². The molecule has 0 saturated carbocycles. The van der Waals surface area contributed by atoms with Gasteiger partial charge in [0, 0.05) is 27.5 Å². The number of fused-ring (bicyclic) bond motifs is 3. The normalized spacial score (nSPS) is 11.3. The standard InChI is InChI=1S/C34H23N3O/c1-22-15-17-25(18-16-22)33-35-32(24-11-6-3-7-12-24)36-34(37-33)28-13-8-14-29-31(28)27-20-19-26(21-30(27)38-29)23-9-4-2-5-10-23/h2-21H,1H3. The van der Waals surface area contributed by atoms with Gasteiger partial charge in [0.05, 0.1) is 0 Å². The van der Waals surface area contributed by atoms with Crippen molar-refractivity contribution in [1.29, 1.82) is 0 Å². The summed E-state index contributed by atoms with van der Waals surface area (Å²) in [5.74, 6) is 1.90. The van der Waals surface area contributed by atoms with Gasteiger partial charge in [0.25, 0.3) is 0 Å². The van der Waals surface area contributed by atoms with Gasteiger partial charge in [-0.25, -0.2) is 15.0 Å². The Bertz CT molecular complexity index is 1910. The molecule has 0 radical (unpaired) electrons. The third-order valence-corrected chi connectivity index (χ3v) is 6.82. The quantitative estimate of drug-likeness (QED) is 0.248. The highest BCUT2D eigenvalue weighted by Crippen LogP contribution is 2.38. The number of hydrogen-bond donors (Lipinski definition) is 0. The summed E-state index contributed by atoms with van der Waals surface area (Å²) in [6.45, 7) is 2.08. The van der Waals surface area contributed by atoms with Crippen molar-refractivity contribution in [1.82, 2.24) is 15.0 Å². The van der Waals surface area contributed by atoms with Gasteiger partial charge >= 0.3 is 0 Å². The van der Waals surface area contributed by atoms with E-state index in [-0.39, 0.29) is 0 Å². The maximum absolute atomic E-state index is 6.35. The molecule has 0 bridgehead atoms. The average Bonchev–Trinajstić information content (AvgIpc) is 3.36. The number of aryl methyl sites for hydroxylation is 1. The molecule has 0 aliphatic rings. The van der Waals surface area contributed by atoms with Crippen LogP contribution in [-0.2, 0) is 0 Å². The van der Waals surface area contributed by atoms with E-state index in [1.807, 2.05) is 60.7 Å². The summed E-state index contributed by atoms with van der Waals surface area (Å²) < 4.78 is 6.35. The van der Waals surface area contributed by atoms with Crippen LogP contribution in [0.25, 0.3) is 67.2 Å². The summed E-state index contributed by atoms with van der Waals surface area (Å²) in [5, 5.41) is 2.04. The molecule has 0 amide bonds. The Labute approximate surface area is 220 Å². The molecule has 0 saturated heterocycles. The van der Waals surface area contributed by atoms with Crippen LogP contribution in [-0.4, -0.2) is 15.0 Å². The van der Waals surface area contributed by atoms with Gasteiger partial charge in [-0.1, -0.05) is 109 Å². The van der Waals surface area contributed by atoms with Crippen LogP contribution in [0.3, 0.4) is 0 Å². The second-order valence-corrected chi connectivity index (χ2v) is 9.40. The summed E-state index contributed by atoms with van der Waals surface area (Å²) in [6.07, 6.45) is 0. The van der Waals surface area contributed by atoms with Crippen molar-refractivity contribution in [2.24, 2.45) is 0 Å². The molecule has 0 spiro atoms. The Balaban J connectivity index is 1.45. The minimum Gasteiger partial charge on any atom is -0.456 e. The molecule has 7 rings (SSSR count). The molecule has 0 fully saturated rings. The second kappa shape index (κ2) is 9.09. The van der Waals surface area contributed by atoms with Crippen LogP contribution in [0.1, 0.15) is 5.56 Å². The van der Waals surface area contributed by atoms with E-state index in [1.165, 1.54) is 5.56 Å². The summed E-state index contributed by atoms with van der Waals surface area (Å²) >= 11 is 0. The number of rotatable bonds is 4. The summed E-state index contributed by atoms with van der Waals surface area (Å²) in [4.78, 5) is 14.8. The van der Waals surface area contributed by atoms with Crippen molar-refractivity contribution in [3.8, 4) is 45.3 Å². The zero-order chi connectivity index (χ0) is 25.5. The number of hydrogen-bond acceptors (Lipinski definition) is 4. The zero-order valence-electron chi connectivity index (χ0n) is 20.8. The Kier molecular flexibility index (Phi) is 5.30. The van der Waals surface area contributed by atoms with E-state index in [1.54, 1.807) is 0 Å².